The lowest BCUT2D eigenvalue weighted by Gasteiger charge is -2.24. The summed E-state index contributed by atoms with van der Waals surface area (Å²) in [5.74, 6) is 0.199. The number of sulfonamides is 1. The van der Waals surface area contributed by atoms with Gasteiger partial charge in [0.1, 0.15) is 0 Å². The van der Waals surface area contributed by atoms with Crippen LogP contribution in [0.5, 0.6) is 0 Å². The van der Waals surface area contributed by atoms with Crippen LogP contribution in [0.25, 0.3) is 0 Å². The number of nitrogens with one attached hydrogen (secondary N) is 1. The van der Waals surface area contributed by atoms with Crippen LogP contribution in [0.1, 0.15) is 43.7 Å². The summed E-state index contributed by atoms with van der Waals surface area (Å²) in [6.07, 6.45) is 1.89. The second-order valence-electron chi connectivity index (χ2n) is 7.02. The summed E-state index contributed by atoms with van der Waals surface area (Å²) >= 11 is 0. The topological polar surface area (TPSA) is 66.5 Å². The number of carbonyl (C=O) groups is 1. The van der Waals surface area contributed by atoms with E-state index in [-0.39, 0.29) is 18.9 Å². The van der Waals surface area contributed by atoms with E-state index in [1.54, 1.807) is 6.07 Å². The Kier molecular flexibility index (Phi) is 7.02. The minimum Gasteiger partial charge on any atom is -0.326 e. The average molecular weight is 389 g/mol. The molecule has 0 aliphatic rings. The van der Waals surface area contributed by atoms with Gasteiger partial charge < -0.3 is 5.32 Å². The van der Waals surface area contributed by atoms with Gasteiger partial charge in [0.25, 0.3) is 0 Å². The third-order valence-corrected chi connectivity index (χ3v) is 5.59. The number of hydrogen-bond acceptors (Lipinski definition) is 3. The van der Waals surface area contributed by atoms with Gasteiger partial charge in [-0.2, -0.15) is 0 Å². The van der Waals surface area contributed by atoms with Crippen LogP contribution in [0.15, 0.2) is 48.5 Å². The molecule has 1 amide bonds. The first-order valence-corrected chi connectivity index (χ1v) is 11.0. The van der Waals surface area contributed by atoms with Crippen LogP contribution in [-0.2, 0) is 14.8 Å². The first kappa shape index (κ1) is 21.0. The zero-order chi connectivity index (χ0) is 20.0. The van der Waals surface area contributed by atoms with Gasteiger partial charge >= 0.3 is 0 Å². The fourth-order valence-corrected chi connectivity index (χ4v) is 4.04. The van der Waals surface area contributed by atoms with Crippen molar-refractivity contribution in [3.8, 4) is 0 Å². The van der Waals surface area contributed by atoms with E-state index in [1.807, 2.05) is 49.4 Å². The summed E-state index contributed by atoms with van der Waals surface area (Å²) in [6, 6.07) is 15.1. The lowest BCUT2D eigenvalue weighted by atomic mass is 10.0. The van der Waals surface area contributed by atoms with E-state index < -0.39 is 10.0 Å². The Hall–Kier alpha value is -2.34. The van der Waals surface area contributed by atoms with Crippen molar-refractivity contribution in [1.29, 1.82) is 0 Å². The molecule has 0 heterocycles. The van der Waals surface area contributed by atoms with Crippen molar-refractivity contribution in [1.82, 2.24) is 0 Å². The Morgan fingerprint density at radius 1 is 1.07 bits per heavy atom. The van der Waals surface area contributed by atoms with Crippen molar-refractivity contribution in [2.75, 3.05) is 22.4 Å². The molecule has 0 aliphatic carbocycles. The summed E-state index contributed by atoms with van der Waals surface area (Å²) in [5, 5.41) is 2.95. The van der Waals surface area contributed by atoms with E-state index in [0.717, 1.165) is 16.8 Å². The Labute approximate surface area is 162 Å². The molecule has 0 saturated carbocycles. The number of amides is 1. The molecule has 6 heteroatoms. The van der Waals surface area contributed by atoms with Gasteiger partial charge in [-0.15, -0.1) is 0 Å². The lowest BCUT2D eigenvalue weighted by molar-refractivity contribution is -0.116. The number of aryl methyl sites for hydroxylation is 1. The van der Waals surface area contributed by atoms with E-state index in [1.165, 1.54) is 10.6 Å². The Bertz CT molecular complexity index is 892. The van der Waals surface area contributed by atoms with E-state index in [4.69, 9.17) is 0 Å². The second-order valence-corrected chi connectivity index (χ2v) is 8.92. The number of nitrogens with zero attached hydrogens (tertiary/aromatic N) is 1. The van der Waals surface area contributed by atoms with Gasteiger partial charge in [-0.05, 0) is 42.5 Å². The molecule has 0 aromatic heterocycles. The van der Waals surface area contributed by atoms with E-state index in [9.17, 15) is 13.2 Å². The molecule has 0 bridgehead atoms. The molecule has 2 aromatic rings. The summed E-state index contributed by atoms with van der Waals surface area (Å²) < 4.78 is 25.8. The van der Waals surface area contributed by atoms with Crippen molar-refractivity contribution >= 4 is 27.3 Å². The van der Waals surface area contributed by atoms with Crippen molar-refractivity contribution in [3.63, 3.8) is 0 Å². The lowest BCUT2D eigenvalue weighted by Crippen LogP contribution is -2.32. The minimum atomic E-state index is -3.41. The number of hydrogen-bond donors (Lipinski definition) is 1. The molecule has 1 N–H and O–H groups in total. The monoisotopic (exact) mass is 388 g/mol. The zero-order valence-corrected chi connectivity index (χ0v) is 17.2. The van der Waals surface area contributed by atoms with Gasteiger partial charge in [-0.3, -0.25) is 9.10 Å². The first-order chi connectivity index (χ1) is 12.7. The number of rotatable bonds is 8. The molecule has 0 atom stereocenters. The Morgan fingerprint density at radius 3 is 2.33 bits per heavy atom. The maximum atomic E-state index is 12.3. The molecule has 2 aromatic carbocycles. The molecular weight excluding hydrogens is 360 g/mol. The van der Waals surface area contributed by atoms with Crippen LogP contribution >= 0.6 is 0 Å². The molecule has 2 rings (SSSR count). The minimum absolute atomic E-state index is 0.110. The fourth-order valence-electron chi connectivity index (χ4n) is 3.02. The molecule has 0 fully saturated rings. The SMILES string of the molecule is Cc1ccccc1N(CCCC(=O)Nc1ccccc1C(C)C)S(C)(=O)=O. The quantitative estimate of drug-likeness (QED) is 0.733. The number of carbonyl (C=O) groups excluding carboxylic acids is 1. The Balaban J connectivity index is 2.01. The van der Waals surface area contributed by atoms with Gasteiger partial charge in [0, 0.05) is 18.7 Å². The summed E-state index contributed by atoms with van der Waals surface area (Å²) in [6.45, 7) is 6.31. The number of anilines is 2. The molecule has 146 valence electrons. The smallest absolute Gasteiger partial charge is 0.232 e. The summed E-state index contributed by atoms with van der Waals surface area (Å²) in [5.41, 5.74) is 3.45. The fraction of sp³-hybridized carbons (Fsp3) is 0.381. The van der Waals surface area contributed by atoms with Crippen molar-refractivity contribution in [3.05, 3.63) is 59.7 Å². The van der Waals surface area contributed by atoms with Crippen LogP contribution in [0.4, 0.5) is 11.4 Å². The maximum absolute atomic E-state index is 12.3. The third kappa shape index (κ3) is 5.82. The second kappa shape index (κ2) is 9.04. The van der Waals surface area contributed by atoms with Gasteiger partial charge in [0.05, 0.1) is 11.9 Å². The molecule has 0 aliphatic heterocycles. The molecule has 27 heavy (non-hydrogen) atoms. The largest absolute Gasteiger partial charge is 0.326 e. The van der Waals surface area contributed by atoms with Crippen LogP contribution in [0.2, 0.25) is 0 Å². The van der Waals surface area contributed by atoms with Crippen LogP contribution in [-0.4, -0.2) is 27.1 Å². The van der Waals surface area contributed by atoms with Crippen molar-refractivity contribution in [2.24, 2.45) is 0 Å². The van der Waals surface area contributed by atoms with Crippen molar-refractivity contribution < 1.29 is 13.2 Å². The standard InChI is InChI=1S/C21H28N2O3S/c1-16(2)18-11-6-7-12-19(18)22-21(24)14-9-15-23(27(4,25)26)20-13-8-5-10-17(20)3/h5-8,10-13,16H,9,14-15H2,1-4H3,(H,22,24). The van der Waals surface area contributed by atoms with E-state index in [2.05, 4.69) is 19.2 Å². The molecule has 0 saturated heterocycles. The van der Waals surface area contributed by atoms with Crippen LogP contribution in [0.3, 0.4) is 0 Å². The highest BCUT2D eigenvalue weighted by molar-refractivity contribution is 7.92. The number of para-hydroxylation sites is 2. The van der Waals surface area contributed by atoms with E-state index in [0.29, 0.717) is 18.0 Å². The first-order valence-electron chi connectivity index (χ1n) is 9.12. The normalized spacial score (nSPS) is 11.4. The average Bonchev–Trinajstić information content (AvgIpc) is 2.59. The van der Waals surface area contributed by atoms with Gasteiger partial charge in [0.2, 0.25) is 15.9 Å². The highest BCUT2D eigenvalue weighted by Crippen LogP contribution is 2.25. The molecule has 5 nitrogen and oxygen atoms in total. The van der Waals surface area contributed by atoms with Crippen LogP contribution < -0.4 is 9.62 Å². The molecular formula is C21H28N2O3S. The van der Waals surface area contributed by atoms with Gasteiger partial charge in [-0.25, -0.2) is 8.42 Å². The van der Waals surface area contributed by atoms with Gasteiger partial charge in [0.15, 0.2) is 0 Å². The number of benzene rings is 2. The zero-order valence-electron chi connectivity index (χ0n) is 16.4. The Morgan fingerprint density at radius 2 is 1.70 bits per heavy atom. The summed E-state index contributed by atoms with van der Waals surface area (Å²) in [4.78, 5) is 12.3. The predicted octanol–water partition coefficient (Wildman–Crippen LogP) is 4.30. The highest BCUT2D eigenvalue weighted by atomic mass is 32.2. The highest BCUT2D eigenvalue weighted by Gasteiger charge is 2.19. The molecule has 0 unspecified atom stereocenters. The van der Waals surface area contributed by atoms with Crippen molar-refractivity contribution in [2.45, 2.75) is 39.5 Å². The third-order valence-electron chi connectivity index (χ3n) is 4.41. The molecule has 0 spiro atoms. The summed E-state index contributed by atoms with van der Waals surface area (Å²) in [7, 11) is -3.41. The molecule has 0 radical (unpaired) electrons. The van der Waals surface area contributed by atoms with E-state index >= 15 is 0 Å². The predicted molar refractivity (Wildman–Crippen MR) is 112 cm³/mol. The maximum Gasteiger partial charge on any atom is 0.232 e. The van der Waals surface area contributed by atoms with Gasteiger partial charge in [-0.1, -0.05) is 50.2 Å². The van der Waals surface area contributed by atoms with Crippen LogP contribution in [0, 0.1) is 6.92 Å².